The number of hydrogen-bond acceptors (Lipinski definition) is 5. The number of nitrogens with two attached hydrogens (primary N) is 1. The van der Waals surface area contributed by atoms with Crippen molar-refractivity contribution in [2.45, 2.75) is 26.8 Å². The van der Waals surface area contributed by atoms with E-state index in [-0.39, 0.29) is 0 Å². The highest BCUT2D eigenvalue weighted by atomic mass is 15.1. The van der Waals surface area contributed by atoms with E-state index in [9.17, 15) is 0 Å². The summed E-state index contributed by atoms with van der Waals surface area (Å²) in [6.45, 7) is 8.05. The van der Waals surface area contributed by atoms with Gasteiger partial charge in [-0.1, -0.05) is 6.92 Å². The number of anilines is 1. The van der Waals surface area contributed by atoms with Crippen LogP contribution in [-0.2, 0) is 6.54 Å². The second kappa shape index (κ2) is 7.28. The van der Waals surface area contributed by atoms with Gasteiger partial charge in [0.25, 0.3) is 0 Å². The van der Waals surface area contributed by atoms with Crippen molar-refractivity contribution in [3.05, 3.63) is 17.6 Å². The number of rotatable bonds is 7. The minimum Gasteiger partial charge on any atom is -0.384 e. The number of aromatic nitrogens is 2. The second-order valence-corrected chi connectivity index (χ2v) is 4.88. The summed E-state index contributed by atoms with van der Waals surface area (Å²) >= 11 is 0. The lowest BCUT2D eigenvalue weighted by molar-refractivity contribution is 0.253. The van der Waals surface area contributed by atoms with E-state index in [0.29, 0.717) is 5.82 Å². The molecule has 1 aromatic heterocycles. The molecule has 5 heteroatoms. The van der Waals surface area contributed by atoms with Crippen LogP contribution < -0.4 is 5.73 Å². The molecule has 18 heavy (non-hydrogen) atoms. The zero-order chi connectivity index (χ0) is 13.5. The van der Waals surface area contributed by atoms with Gasteiger partial charge in [0.2, 0.25) is 0 Å². The molecule has 102 valence electrons. The summed E-state index contributed by atoms with van der Waals surface area (Å²) in [5, 5.41) is 0. The first-order chi connectivity index (χ1) is 8.51. The van der Waals surface area contributed by atoms with Gasteiger partial charge in [-0.2, -0.15) is 0 Å². The molecule has 1 heterocycles. The van der Waals surface area contributed by atoms with Gasteiger partial charge in [0, 0.05) is 11.8 Å². The Morgan fingerprint density at radius 3 is 2.50 bits per heavy atom. The third-order valence-corrected chi connectivity index (χ3v) is 2.81. The third kappa shape index (κ3) is 5.42. The average Bonchev–Trinajstić information content (AvgIpc) is 2.25. The molecule has 0 aliphatic carbocycles. The van der Waals surface area contributed by atoms with Crippen molar-refractivity contribution in [3.63, 3.8) is 0 Å². The van der Waals surface area contributed by atoms with Gasteiger partial charge in [0.1, 0.15) is 11.6 Å². The highest BCUT2D eigenvalue weighted by Crippen LogP contribution is 2.05. The molecule has 1 rings (SSSR count). The molecule has 0 amide bonds. The van der Waals surface area contributed by atoms with E-state index >= 15 is 0 Å². The molecule has 0 saturated carbocycles. The van der Waals surface area contributed by atoms with E-state index in [2.05, 4.69) is 40.8 Å². The van der Waals surface area contributed by atoms with Crippen LogP contribution in [-0.4, -0.2) is 53.5 Å². The molecule has 2 N–H and O–H groups in total. The largest absolute Gasteiger partial charge is 0.384 e. The zero-order valence-electron chi connectivity index (χ0n) is 12.0. The Bertz CT molecular complexity index is 344. The third-order valence-electron chi connectivity index (χ3n) is 2.81. The van der Waals surface area contributed by atoms with Gasteiger partial charge in [0.05, 0.1) is 6.54 Å². The van der Waals surface area contributed by atoms with Gasteiger partial charge in [0.15, 0.2) is 0 Å². The Kier molecular flexibility index (Phi) is 6.01. The molecular weight excluding hydrogens is 226 g/mol. The fourth-order valence-electron chi connectivity index (χ4n) is 1.89. The quantitative estimate of drug-likeness (QED) is 0.787. The highest BCUT2D eigenvalue weighted by molar-refractivity contribution is 5.29. The van der Waals surface area contributed by atoms with Crippen molar-refractivity contribution in [2.75, 3.05) is 39.5 Å². The van der Waals surface area contributed by atoms with Crippen LogP contribution in [0.25, 0.3) is 0 Å². The van der Waals surface area contributed by atoms with Crippen LogP contribution in [0.1, 0.15) is 24.9 Å². The molecule has 1 aromatic rings. The Morgan fingerprint density at radius 1 is 1.22 bits per heavy atom. The fraction of sp³-hybridized carbons (Fsp3) is 0.692. The number of nitrogens with zero attached hydrogens (tertiary/aromatic N) is 4. The number of aryl methyl sites for hydroxylation is 1. The van der Waals surface area contributed by atoms with Crippen LogP contribution in [0.5, 0.6) is 0 Å². The summed E-state index contributed by atoms with van der Waals surface area (Å²) in [4.78, 5) is 13.2. The van der Waals surface area contributed by atoms with Crippen molar-refractivity contribution >= 4 is 5.82 Å². The molecule has 0 saturated heterocycles. The Morgan fingerprint density at radius 2 is 1.94 bits per heavy atom. The van der Waals surface area contributed by atoms with Crippen LogP contribution in [0.2, 0.25) is 0 Å². The van der Waals surface area contributed by atoms with E-state index in [1.54, 1.807) is 6.07 Å². The molecular formula is C13H25N5. The van der Waals surface area contributed by atoms with E-state index in [1.165, 1.54) is 0 Å². The van der Waals surface area contributed by atoms with Crippen LogP contribution in [0.15, 0.2) is 6.07 Å². The number of nitrogen functional groups attached to an aromatic ring is 1. The van der Waals surface area contributed by atoms with Gasteiger partial charge in [-0.05, 0) is 47.1 Å². The fourth-order valence-corrected chi connectivity index (χ4v) is 1.89. The maximum atomic E-state index is 5.74. The molecule has 0 radical (unpaired) electrons. The van der Waals surface area contributed by atoms with Crippen molar-refractivity contribution < 1.29 is 0 Å². The van der Waals surface area contributed by atoms with Crippen LogP contribution in [0.3, 0.4) is 0 Å². The molecule has 0 atom stereocenters. The number of hydrogen-bond donors (Lipinski definition) is 1. The molecule has 0 aliphatic rings. The molecule has 0 spiro atoms. The predicted octanol–water partition coefficient (Wildman–Crippen LogP) is 1.14. The first-order valence-electron chi connectivity index (χ1n) is 6.48. The molecule has 5 nitrogen and oxygen atoms in total. The van der Waals surface area contributed by atoms with Crippen molar-refractivity contribution in [1.82, 2.24) is 19.8 Å². The zero-order valence-corrected chi connectivity index (χ0v) is 12.0. The maximum Gasteiger partial charge on any atom is 0.144 e. The topological polar surface area (TPSA) is 58.3 Å². The standard InChI is InChI=1S/C13H25N5/c1-5-18(8-6-7-17(3)4)10-13-15-11(2)9-12(14)16-13/h9H,5-8,10H2,1-4H3,(H2,14,15,16). The van der Waals surface area contributed by atoms with Gasteiger partial charge >= 0.3 is 0 Å². The van der Waals surface area contributed by atoms with Crippen molar-refractivity contribution in [2.24, 2.45) is 0 Å². The lowest BCUT2D eigenvalue weighted by Gasteiger charge is -2.20. The van der Waals surface area contributed by atoms with Crippen LogP contribution in [0.4, 0.5) is 5.82 Å². The SMILES string of the molecule is CCN(CCCN(C)C)Cc1nc(C)cc(N)n1. The van der Waals surface area contributed by atoms with E-state index in [4.69, 9.17) is 5.73 Å². The van der Waals surface area contributed by atoms with Crippen molar-refractivity contribution in [1.29, 1.82) is 0 Å². The lowest BCUT2D eigenvalue weighted by atomic mass is 10.3. The smallest absolute Gasteiger partial charge is 0.144 e. The first-order valence-corrected chi connectivity index (χ1v) is 6.48. The minimum absolute atomic E-state index is 0.557. The van der Waals surface area contributed by atoms with E-state index < -0.39 is 0 Å². The summed E-state index contributed by atoms with van der Waals surface area (Å²) in [7, 11) is 4.20. The first kappa shape index (κ1) is 14.9. The summed E-state index contributed by atoms with van der Waals surface area (Å²) in [5.74, 6) is 1.38. The average molecular weight is 251 g/mol. The molecule has 0 aromatic carbocycles. The Hall–Kier alpha value is -1.20. The van der Waals surface area contributed by atoms with E-state index in [0.717, 1.165) is 44.1 Å². The predicted molar refractivity (Wildman–Crippen MR) is 75.3 cm³/mol. The summed E-state index contributed by atoms with van der Waals surface area (Å²) in [6, 6.07) is 1.80. The summed E-state index contributed by atoms with van der Waals surface area (Å²) < 4.78 is 0. The lowest BCUT2D eigenvalue weighted by Crippen LogP contribution is -2.28. The van der Waals surface area contributed by atoms with E-state index in [1.807, 2.05) is 6.92 Å². The monoisotopic (exact) mass is 251 g/mol. The van der Waals surface area contributed by atoms with Gasteiger partial charge < -0.3 is 10.6 Å². The second-order valence-electron chi connectivity index (χ2n) is 4.88. The highest BCUT2D eigenvalue weighted by Gasteiger charge is 2.07. The molecule has 0 fully saturated rings. The van der Waals surface area contributed by atoms with Gasteiger partial charge in [-0.25, -0.2) is 9.97 Å². The van der Waals surface area contributed by atoms with Crippen LogP contribution in [0, 0.1) is 6.92 Å². The maximum absolute atomic E-state index is 5.74. The summed E-state index contributed by atoms with van der Waals surface area (Å²) in [6.07, 6.45) is 1.15. The Labute approximate surface area is 110 Å². The molecule has 0 bridgehead atoms. The normalized spacial score (nSPS) is 11.4. The van der Waals surface area contributed by atoms with Crippen molar-refractivity contribution in [3.8, 4) is 0 Å². The molecule has 0 unspecified atom stereocenters. The van der Waals surface area contributed by atoms with Crippen LogP contribution >= 0.6 is 0 Å². The Balaban J connectivity index is 2.51. The molecule has 0 aliphatic heterocycles. The summed E-state index contributed by atoms with van der Waals surface area (Å²) in [5.41, 5.74) is 6.67. The van der Waals surface area contributed by atoms with Gasteiger partial charge in [-0.15, -0.1) is 0 Å². The minimum atomic E-state index is 0.557. The van der Waals surface area contributed by atoms with Gasteiger partial charge in [-0.3, -0.25) is 4.90 Å².